The summed E-state index contributed by atoms with van der Waals surface area (Å²) in [6.07, 6.45) is 7.12. The van der Waals surface area contributed by atoms with Crippen LogP contribution in [0.15, 0.2) is 0 Å². The molecule has 0 spiro atoms. The van der Waals surface area contributed by atoms with Gasteiger partial charge in [0.05, 0.1) is 6.61 Å². The molecule has 21 heavy (non-hydrogen) atoms. The normalized spacial score (nSPS) is 10.4. The molecular formula is C15H26ClFO4. The van der Waals surface area contributed by atoms with Gasteiger partial charge in [-0.15, -0.1) is 11.6 Å². The van der Waals surface area contributed by atoms with E-state index in [1.165, 1.54) is 6.42 Å². The predicted molar refractivity (Wildman–Crippen MR) is 80.2 cm³/mol. The van der Waals surface area contributed by atoms with E-state index < -0.39 is 12.6 Å². The van der Waals surface area contributed by atoms with E-state index >= 15 is 0 Å². The highest BCUT2D eigenvalue weighted by atomic mass is 35.5. The molecule has 0 N–H and O–H groups in total. The summed E-state index contributed by atoms with van der Waals surface area (Å²) < 4.78 is 21.3. The van der Waals surface area contributed by atoms with Crippen LogP contribution in [0.25, 0.3) is 0 Å². The highest BCUT2D eigenvalue weighted by Gasteiger charge is 2.07. The van der Waals surface area contributed by atoms with Crippen molar-refractivity contribution in [1.29, 1.82) is 0 Å². The molecule has 6 heteroatoms. The molecule has 0 bridgehead atoms. The van der Waals surface area contributed by atoms with Crippen molar-refractivity contribution in [1.82, 2.24) is 0 Å². The van der Waals surface area contributed by atoms with Gasteiger partial charge in [-0.05, 0) is 19.3 Å². The maximum absolute atomic E-state index is 11.7. The lowest BCUT2D eigenvalue weighted by Gasteiger charge is -2.05. The molecule has 0 radical (unpaired) electrons. The zero-order valence-electron chi connectivity index (χ0n) is 12.6. The fraction of sp³-hybridized carbons (Fsp3) is 0.867. The van der Waals surface area contributed by atoms with E-state index in [1.54, 1.807) is 0 Å². The molecule has 0 saturated heterocycles. The first-order valence-electron chi connectivity index (χ1n) is 7.64. The van der Waals surface area contributed by atoms with Gasteiger partial charge in [0, 0.05) is 18.7 Å². The van der Waals surface area contributed by atoms with Gasteiger partial charge in [0.15, 0.2) is 0 Å². The maximum atomic E-state index is 11.7. The van der Waals surface area contributed by atoms with Crippen molar-refractivity contribution in [2.24, 2.45) is 0 Å². The second kappa shape index (κ2) is 15.5. The van der Waals surface area contributed by atoms with Crippen LogP contribution in [0.2, 0.25) is 0 Å². The number of hydrogen-bond donors (Lipinski definition) is 0. The van der Waals surface area contributed by atoms with E-state index in [0.29, 0.717) is 13.0 Å². The van der Waals surface area contributed by atoms with Crippen molar-refractivity contribution in [3.63, 3.8) is 0 Å². The average molecular weight is 325 g/mol. The van der Waals surface area contributed by atoms with E-state index in [-0.39, 0.29) is 25.4 Å². The zero-order valence-corrected chi connectivity index (χ0v) is 13.3. The van der Waals surface area contributed by atoms with E-state index in [1.807, 2.05) is 0 Å². The van der Waals surface area contributed by atoms with Gasteiger partial charge in [0.25, 0.3) is 0 Å². The molecule has 0 aromatic heterocycles. The Morgan fingerprint density at radius 1 is 0.762 bits per heavy atom. The second-order valence-corrected chi connectivity index (χ2v) is 5.17. The van der Waals surface area contributed by atoms with Gasteiger partial charge in [0.2, 0.25) is 0 Å². The van der Waals surface area contributed by atoms with Gasteiger partial charge >= 0.3 is 11.9 Å². The van der Waals surface area contributed by atoms with Crippen LogP contribution in [0.1, 0.15) is 57.8 Å². The van der Waals surface area contributed by atoms with Crippen LogP contribution in [0.3, 0.4) is 0 Å². The Morgan fingerprint density at radius 3 is 1.86 bits per heavy atom. The summed E-state index contributed by atoms with van der Waals surface area (Å²) in [5.41, 5.74) is 0. The Hall–Kier alpha value is -0.840. The number of hydrogen-bond acceptors (Lipinski definition) is 4. The Kier molecular flexibility index (Phi) is 14.9. The van der Waals surface area contributed by atoms with Crippen LogP contribution in [-0.2, 0) is 19.1 Å². The first-order valence-corrected chi connectivity index (χ1v) is 8.17. The number of unbranched alkanes of at least 4 members (excludes halogenated alkanes) is 5. The average Bonchev–Trinajstić information content (AvgIpc) is 2.48. The summed E-state index contributed by atoms with van der Waals surface area (Å²) in [5, 5.41) is 0. The molecule has 4 nitrogen and oxygen atoms in total. The van der Waals surface area contributed by atoms with Crippen molar-refractivity contribution < 1.29 is 23.5 Å². The van der Waals surface area contributed by atoms with Crippen LogP contribution in [0, 0.1) is 0 Å². The fourth-order valence-corrected chi connectivity index (χ4v) is 1.95. The summed E-state index contributed by atoms with van der Waals surface area (Å²) in [6, 6.07) is 0. The van der Waals surface area contributed by atoms with Crippen LogP contribution in [0.4, 0.5) is 4.39 Å². The molecule has 0 aromatic carbocycles. The summed E-state index contributed by atoms with van der Waals surface area (Å²) in [5.74, 6) is -0.0494. The van der Waals surface area contributed by atoms with Gasteiger partial charge in [-0.3, -0.25) is 9.59 Å². The second-order valence-electron chi connectivity index (χ2n) is 4.79. The monoisotopic (exact) mass is 324 g/mol. The smallest absolute Gasteiger partial charge is 0.305 e. The van der Waals surface area contributed by atoms with Crippen molar-refractivity contribution in [3.8, 4) is 0 Å². The van der Waals surface area contributed by atoms with E-state index in [4.69, 9.17) is 16.3 Å². The number of rotatable bonds is 14. The molecule has 0 fully saturated rings. The lowest BCUT2D eigenvalue weighted by molar-refractivity contribution is -0.145. The summed E-state index contributed by atoms with van der Waals surface area (Å²) in [7, 11) is 0. The van der Waals surface area contributed by atoms with Gasteiger partial charge in [-0.1, -0.05) is 25.7 Å². The number of esters is 2. The SMILES string of the molecule is O=C(CCCC(=O)OCCCCCCCCCl)OCCF. The highest BCUT2D eigenvalue weighted by Crippen LogP contribution is 2.07. The standard InChI is InChI=1S/C15H26ClFO4/c16-10-5-3-1-2-4-6-12-20-14(18)8-7-9-15(19)21-13-11-17/h1-13H2. The quantitative estimate of drug-likeness (QED) is 0.277. The summed E-state index contributed by atoms with van der Waals surface area (Å²) >= 11 is 5.58. The van der Waals surface area contributed by atoms with E-state index in [2.05, 4.69) is 4.74 Å². The lowest BCUT2D eigenvalue weighted by Crippen LogP contribution is -2.09. The molecular weight excluding hydrogens is 299 g/mol. The van der Waals surface area contributed by atoms with Crippen molar-refractivity contribution in [2.75, 3.05) is 25.8 Å². The molecule has 0 heterocycles. The minimum absolute atomic E-state index is 0.121. The zero-order chi connectivity index (χ0) is 15.8. The maximum Gasteiger partial charge on any atom is 0.305 e. The first kappa shape index (κ1) is 20.2. The fourth-order valence-electron chi connectivity index (χ4n) is 1.76. The molecule has 0 atom stereocenters. The molecule has 0 aromatic rings. The van der Waals surface area contributed by atoms with Gasteiger partial charge in [-0.2, -0.15) is 0 Å². The molecule has 0 aliphatic rings. The van der Waals surface area contributed by atoms with Crippen LogP contribution >= 0.6 is 11.6 Å². The van der Waals surface area contributed by atoms with Crippen LogP contribution < -0.4 is 0 Å². The molecule has 0 aliphatic carbocycles. The molecule has 0 unspecified atom stereocenters. The number of halogens is 2. The Balaban J connectivity index is 3.29. The lowest BCUT2D eigenvalue weighted by atomic mass is 10.1. The predicted octanol–water partition coefficient (Wildman–Crippen LogP) is 3.79. The van der Waals surface area contributed by atoms with Gasteiger partial charge < -0.3 is 9.47 Å². The van der Waals surface area contributed by atoms with Crippen molar-refractivity contribution in [3.05, 3.63) is 0 Å². The minimum atomic E-state index is -0.681. The molecule has 0 aliphatic heterocycles. The van der Waals surface area contributed by atoms with Crippen molar-refractivity contribution in [2.45, 2.75) is 57.8 Å². The molecule has 0 amide bonds. The van der Waals surface area contributed by atoms with Crippen molar-refractivity contribution >= 4 is 23.5 Å². The number of carbonyl (C=O) groups is 2. The third kappa shape index (κ3) is 15.4. The van der Waals surface area contributed by atoms with Crippen LogP contribution in [0.5, 0.6) is 0 Å². The Morgan fingerprint density at radius 2 is 1.29 bits per heavy atom. The first-order chi connectivity index (χ1) is 10.2. The molecule has 0 rings (SSSR count). The number of carbonyl (C=O) groups excluding carboxylic acids is 2. The third-order valence-electron chi connectivity index (χ3n) is 2.89. The topological polar surface area (TPSA) is 52.6 Å². The highest BCUT2D eigenvalue weighted by molar-refractivity contribution is 6.17. The largest absolute Gasteiger partial charge is 0.466 e. The molecule has 124 valence electrons. The summed E-state index contributed by atoms with van der Waals surface area (Å²) in [6.45, 7) is -0.464. The third-order valence-corrected chi connectivity index (χ3v) is 3.16. The number of ether oxygens (including phenoxy) is 2. The van der Waals surface area contributed by atoms with Crippen LogP contribution in [-0.4, -0.2) is 37.7 Å². The Labute approximate surface area is 131 Å². The van der Waals surface area contributed by atoms with E-state index in [0.717, 1.165) is 38.0 Å². The van der Waals surface area contributed by atoms with E-state index in [9.17, 15) is 14.0 Å². The summed E-state index contributed by atoms with van der Waals surface area (Å²) in [4.78, 5) is 22.4. The van der Waals surface area contributed by atoms with Gasteiger partial charge in [-0.25, -0.2) is 4.39 Å². The minimum Gasteiger partial charge on any atom is -0.466 e. The Bertz CT molecular complexity index is 274. The number of alkyl halides is 2. The molecule has 0 saturated carbocycles. The van der Waals surface area contributed by atoms with Gasteiger partial charge in [0.1, 0.15) is 13.3 Å².